The van der Waals surface area contributed by atoms with Crippen molar-refractivity contribution in [3.63, 3.8) is 0 Å². The van der Waals surface area contributed by atoms with Crippen LogP contribution < -0.4 is 0 Å². The molecule has 38 heavy (non-hydrogen) atoms. The highest BCUT2D eigenvalue weighted by Crippen LogP contribution is 2.39. The first kappa shape index (κ1) is 21.4. The molecule has 0 spiro atoms. The molecule has 6 aromatic carbocycles. The Balaban J connectivity index is 1.24. The summed E-state index contributed by atoms with van der Waals surface area (Å²) in [6.07, 6.45) is 0. The van der Waals surface area contributed by atoms with Gasteiger partial charge in [-0.25, -0.2) is 0 Å². The van der Waals surface area contributed by atoms with Crippen molar-refractivity contribution in [2.24, 2.45) is 0 Å². The minimum absolute atomic E-state index is 1.21. The fourth-order valence-corrected chi connectivity index (χ4v) is 6.89. The number of nitrogens with zero attached hydrogens (tertiary/aromatic N) is 1. The summed E-state index contributed by atoms with van der Waals surface area (Å²) in [5.74, 6) is 0. The van der Waals surface area contributed by atoms with Crippen LogP contribution in [0, 0.1) is 0 Å². The molecule has 0 saturated heterocycles. The molecule has 0 bridgehead atoms. The number of hydrogen-bond acceptors (Lipinski definition) is 1. The van der Waals surface area contributed by atoms with Crippen molar-refractivity contribution in [2.45, 2.75) is 0 Å². The van der Waals surface area contributed by atoms with E-state index in [4.69, 9.17) is 0 Å². The first-order valence-electron chi connectivity index (χ1n) is 12.9. The molecular weight excluding hydrogens is 478 g/mol. The lowest BCUT2D eigenvalue weighted by molar-refractivity contribution is 1.19. The topological polar surface area (TPSA) is 4.93 Å². The zero-order valence-electron chi connectivity index (χ0n) is 20.6. The molecule has 0 unspecified atom stereocenters. The summed E-state index contributed by atoms with van der Waals surface area (Å²) >= 11 is 1.87. The van der Waals surface area contributed by atoms with Gasteiger partial charge in [0.1, 0.15) is 0 Å². The van der Waals surface area contributed by atoms with Crippen molar-refractivity contribution in [1.82, 2.24) is 4.57 Å². The molecule has 0 amide bonds. The Morgan fingerprint density at radius 3 is 1.66 bits per heavy atom. The maximum Gasteiger partial charge on any atom is 0.0541 e. The second kappa shape index (κ2) is 8.44. The first-order valence-corrected chi connectivity index (χ1v) is 13.8. The van der Waals surface area contributed by atoms with Crippen LogP contribution in [0.5, 0.6) is 0 Å². The van der Waals surface area contributed by atoms with Crippen molar-refractivity contribution in [3.05, 3.63) is 140 Å². The molecule has 1 nitrogen and oxygen atoms in total. The predicted octanol–water partition coefficient (Wildman–Crippen LogP) is 10.5. The molecule has 0 aliphatic heterocycles. The van der Waals surface area contributed by atoms with Crippen LogP contribution in [0.2, 0.25) is 0 Å². The van der Waals surface area contributed by atoms with E-state index in [0.717, 1.165) is 0 Å². The van der Waals surface area contributed by atoms with Crippen LogP contribution in [0.25, 0.3) is 69.9 Å². The first-order chi connectivity index (χ1) is 18.8. The normalized spacial score (nSPS) is 11.7. The van der Waals surface area contributed by atoms with Crippen LogP contribution in [0.4, 0.5) is 0 Å². The Hall–Kier alpha value is -4.66. The Kier molecular flexibility index (Phi) is 4.76. The number of benzene rings is 6. The number of aromatic nitrogens is 1. The van der Waals surface area contributed by atoms with Gasteiger partial charge in [-0.2, -0.15) is 0 Å². The van der Waals surface area contributed by atoms with Crippen molar-refractivity contribution >= 4 is 53.3 Å². The quantitative estimate of drug-likeness (QED) is 0.227. The van der Waals surface area contributed by atoms with E-state index in [1.54, 1.807) is 0 Å². The van der Waals surface area contributed by atoms with Gasteiger partial charge in [0.15, 0.2) is 0 Å². The van der Waals surface area contributed by atoms with Crippen molar-refractivity contribution < 1.29 is 0 Å². The summed E-state index contributed by atoms with van der Waals surface area (Å²) in [5, 5.41) is 5.23. The van der Waals surface area contributed by atoms with Gasteiger partial charge < -0.3 is 4.57 Å². The van der Waals surface area contributed by atoms with Crippen LogP contribution in [0.3, 0.4) is 0 Å². The number of thiophene rings is 1. The Bertz CT molecular complexity index is 2060. The standard InChI is InChI=1S/C36H23NS/c1-2-8-24(9-3-1)25-14-16-26(17-15-25)27-18-21-35-32(22-27)31-20-19-28(23-36(31)38-35)37-33-12-6-4-10-29(33)30-11-5-7-13-34(30)37/h1-23H. The number of rotatable bonds is 3. The Morgan fingerprint density at radius 1 is 0.368 bits per heavy atom. The fourth-order valence-electron chi connectivity index (χ4n) is 5.77. The summed E-state index contributed by atoms with van der Waals surface area (Å²) in [7, 11) is 0. The van der Waals surface area contributed by atoms with Gasteiger partial charge in [-0.05, 0) is 58.7 Å². The minimum Gasteiger partial charge on any atom is -0.309 e. The molecule has 2 aromatic heterocycles. The van der Waals surface area contributed by atoms with E-state index in [2.05, 4.69) is 144 Å². The van der Waals surface area contributed by atoms with Gasteiger partial charge in [-0.3, -0.25) is 0 Å². The molecule has 8 aromatic rings. The van der Waals surface area contributed by atoms with Crippen LogP contribution >= 0.6 is 11.3 Å². The zero-order chi connectivity index (χ0) is 25.1. The molecular formula is C36H23NS. The highest BCUT2D eigenvalue weighted by atomic mass is 32.1. The third-order valence-corrected chi connectivity index (χ3v) is 8.75. The Labute approximate surface area is 224 Å². The van der Waals surface area contributed by atoms with Gasteiger partial charge in [-0.1, -0.05) is 103 Å². The maximum atomic E-state index is 2.40. The zero-order valence-corrected chi connectivity index (χ0v) is 21.5. The van der Waals surface area contributed by atoms with Gasteiger partial charge in [0, 0.05) is 36.6 Å². The van der Waals surface area contributed by atoms with Gasteiger partial charge >= 0.3 is 0 Å². The van der Waals surface area contributed by atoms with Crippen LogP contribution in [0.15, 0.2) is 140 Å². The van der Waals surface area contributed by atoms with E-state index >= 15 is 0 Å². The molecule has 0 aliphatic carbocycles. The van der Waals surface area contributed by atoms with E-state index in [1.807, 2.05) is 11.3 Å². The summed E-state index contributed by atoms with van der Waals surface area (Å²) in [4.78, 5) is 0. The van der Waals surface area contributed by atoms with E-state index in [1.165, 1.54) is 69.9 Å². The van der Waals surface area contributed by atoms with Crippen molar-refractivity contribution in [2.75, 3.05) is 0 Å². The number of fused-ring (bicyclic) bond motifs is 6. The average Bonchev–Trinajstić information content (AvgIpc) is 3.52. The second-order valence-electron chi connectivity index (χ2n) is 9.81. The number of para-hydroxylation sites is 2. The summed E-state index contributed by atoms with van der Waals surface area (Å²) in [5.41, 5.74) is 8.69. The lowest BCUT2D eigenvalue weighted by Crippen LogP contribution is -1.92. The molecule has 0 aliphatic rings. The number of hydrogen-bond donors (Lipinski definition) is 0. The molecule has 0 N–H and O–H groups in total. The fraction of sp³-hybridized carbons (Fsp3) is 0. The second-order valence-corrected chi connectivity index (χ2v) is 10.9. The third-order valence-electron chi connectivity index (χ3n) is 7.62. The van der Waals surface area contributed by atoms with E-state index in [0.29, 0.717) is 0 Å². The van der Waals surface area contributed by atoms with Gasteiger partial charge in [-0.15, -0.1) is 11.3 Å². The molecule has 2 heterocycles. The Morgan fingerprint density at radius 2 is 0.947 bits per heavy atom. The monoisotopic (exact) mass is 501 g/mol. The van der Waals surface area contributed by atoms with Crippen LogP contribution in [-0.2, 0) is 0 Å². The highest BCUT2D eigenvalue weighted by molar-refractivity contribution is 7.25. The molecule has 0 fully saturated rings. The lowest BCUT2D eigenvalue weighted by atomic mass is 9.99. The molecule has 0 atom stereocenters. The SMILES string of the molecule is c1ccc(-c2ccc(-c3ccc4sc5cc(-n6c7ccccc7c7ccccc76)ccc5c4c3)cc2)cc1. The lowest BCUT2D eigenvalue weighted by Gasteiger charge is -2.08. The smallest absolute Gasteiger partial charge is 0.0541 e. The third kappa shape index (κ3) is 3.31. The molecule has 2 heteroatoms. The maximum absolute atomic E-state index is 2.40. The van der Waals surface area contributed by atoms with Crippen molar-refractivity contribution in [1.29, 1.82) is 0 Å². The molecule has 8 rings (SSSR count). The van der Waals surface area contributed by atoms with E-state index in [-0.39, 0.29) is 0 Å². The van der Waals surface area contributed by atoms with Crippen LogP contribution in [-0.4, -0.2) is 4.57 Å². The summed E-state index contributed by atoms with van der Waals surface area (Å²) < 4.78 is 5.04. The minimum atomic E-state index is 1.21. The van der Waals surface area contributed by atoms with Crippen LogP contribution in [0.1, 0.15) is 0 Å². The van der Waals surface area contributed by atoms with E-state index < -0.39 is 0 Å². The summed E-state index contributed by atoms with van der Waals surface area (Å²) in [6.45, 7) is 0. The molecule has 0 saturated carbocycles. The molecule has 178 valence electrons. The molecule has 0 radical (unpaired) electrons. The van der Waals surface area contributed by atoms with E-state index in [9.17, 15) is 0 Å². The van der Waals surface area contributed by atoms with Gasteiger partial charge in [0.05, 0.1) is 11.0 Å². The largest absolute Gasteiger partial charge is 0.309 e. The van der Waals surface area contributed by atoms with Crippen molar-refractivity contribution in [3.8, 4) is 27.9 Å². The van der Waals surface area contributed by atoms with Gasteiger partial charge in [0.25, 0.3) is 0 Å². The highest BCUT2D eigenvalue weighted by Gasteiger charge is 2.13. The predicted molar refractivity (Wildman–Crippen MR) is 165 cm³/mol. The average molecular weight is 502 g/mol. The van der Waals surface area contributed by atoms with Gasteiger partial charge in [0.2, 0.25) is 0 Å². The summed E-state index contributed by atoms with van der Waals surface area (Å²) in [6, 6.07) is 50.7.